The fourth-order valence-corrected chi connectivity index (χ4v) is 1.02. The topological polar surface area (TPSA) is 7.68 Å². The highest BCUT2D eigenvalue weighted by molar-refractivity contribution is 4.76. The highest BCUT2D eigenvalue weighted by Gasteiger charge is 2.11. The van der Waals surface area contributed by atoms with Crippen molar-refractivity contribution in [1.29, 1.82) is 0 Å². The van der Waals surface area contributed by atoms with E-state index < -0.39 is 0 Å². The molecule has 0 radical (unpaired) electrons. The molecule has 1 aliphatic heterocycles. The number of hydrogen-bond acceptors (Lipinski definition) is 1. The van der Waals surface area contributed by atoms with Crippen LogP contribution in [0.5, 0.6) is 0 Å². The molecule has 1 N–H and O–H groups in total. The fraction of sp³-hybridized carbons (Fsp3) is 0.714. The second-order valence-electron chi connectivity index (χ2n) is 2.39. The van der Waals surface area contributed by atoms with Crippen molar-refractivity contribution in [3.63, 3.8) is 0 Å². The molecule has 1 unspecified atom stereocenters. The average Bonchev–Trinajstić information content (AvgIpc) is 2.34. The van der Waals surface area contributed by atoms with E-state index in [1.54, 1.807) is 4.90 Å². The average molecular weight is 207 g/mol. The Hall–Kier alpha value is -0.0200. The highest BCUT2D eigenvalue weighted by atomic mass is 79.9. The van der Waals surface area contributed by atoms with Crippen LogP contribution in [-0.2, 0) is 0 Å². The van der Waals surface area contributed by atoms with Gasteiger partial charge in [-0.3, -0.25) is 4.90 Å². The van der Waals surface area contributed by atoms with E-state index in [1.807, 2.05) is 0 Å². The van der Waals surface area contributed by atoms with Crippen molar-refractivity contribution in [2.75, 3.05) is 19.8 Å². The zero-order chi connectivity index (χ0) is 6.69. The van der Waals surface area contributed by atoms with Gasteiger partial charge in [-0.2, -0.15) is 0 Å². The summed E-state index contributed by atoms with van der Waals surface area (Å²) in [5, 5.41) is 0. The zero-order valence-electron chi connectivity index (χ0n) is 6.60. The first-order valence-electron chi connectivity index (χ1n) is 3.63. The van der Waals surface area contributed by atoms with Crippen LogP contribution in [0.4, 0.5) is 0 Å². The SMILES string of the molecule is CCN1C=C[NH+](CC)C1.[Br-]. The largest absolute Gasteiger partial charge is 1.00 e. The van der Waals surface area contributed by atoms with Gasteiger partial charge in [0.25, 0.3) is 0 Å². The van der Waals surface area contributed by atoms with Crippen LogP contribution in [0.25, 0.3) is 0 Å². The van der Waals surface area contributed by atoms with Gasteiger partial charge in [-0.05, 0) is 13.8 Å². The van der Waals surface area contributed by atoms with Gasteiger partial charge < -0.3 is 21.9 Å². The predicted molar refractivity (Wildman–Crippen MR) is 37.9 cm³/mol. The molecular weight excluding hydrogens is 192 g/mol. The quantitative estimate of drug-likeness (QED) is 0.497. The Kier molecular flexibility index (Phi) is 4.73. The number of nitrogens with one attached hydrogen (secondary N) is 1. The van der Waals surface area contributed by atoms with Crippen LogP contribution < -0.4 is 21.9 Å². The maximum absolute atomic E-state index is 2.32. The summed E-state index contributed by atoms with van der Waals surface area (Å²) in [5.74, 6) is 0. The Balaban J connectivity index is 0.000000810. The van der Waals surface area contributed by atoms with Crippen LogP contribution in [0.1, 0.15) is 13.8 Å². The Morgan fingerprint density at radius 2 is 2.20 bits per heavy atom. The lowest BCUT2D eigenvalue weighted by atomic mass is 10.6. The molecular formula is C7H15BrN2. The van der Waals surface area contributed by atoms with Crippen molar-refractivity contribution < 1.29 is 21.9 Å². The van der Waals surface area contributed by atoms with E-state index in [0.29, 0.717) is 0 Å². The van der Waals surface area contributed by atoms with Crippen molar-refractivity contribution in [3.8, 4) is 0 Å². The van der Waals surface area contributed by atoms with E-state index in [0.717, 1.165) is 13.2 Å². The summed E-state index contributed by atoms with van der Waals surface area (Å²) in [5.41, 5.74) is 0. The molecule has 10 heavy (non-hydrogen) atoms. The monoisotopic (exact) mass is 206 g/mol. The summed E-state index contributed by atoms with van der Waals surface area (Å²) >= 11 is 0. The standard InChI is InChI=1S/C7H14N2.BrH/c1-3-8-5-6-9(4-2)7-8;/h5-6H,3-4,7H2,1-2H3;1H. The van der Waals surface area contributed by atoms with Crippen molar-refractivity contribution in [1.82, 2.24) is 4.90 Å². The number of hydrogen-bond donors (Lipinski definition) is 1. The number of rotatable bonds is 2. The van der Waals surface area contributed by atoms with E-state index >= 15 is 0 Å². The summed E-state index contributed by atoms with van der Waals surface area (Å²) in [6, 6.07) is 0. The Morgan fingerprint density at radius 3 is 2.50 bits per heavy atom. The summed E-state index contributed by atoms with van der Waals surface area (Å²) in [7, 11) is 0. The van der Waals surface area contributed by atoms with Gasteiger partial charge in [-0.25, -0.2) is 0 Å². The van der Waals surface area contributed by atoms with E-state index in [4.69, 9.17) is 0 Å². The van der Waals surface area contributed by atoms with Crippen LogP contribution in [0.15, 0.2) is 12.4 Å². The van der Waals surface area contributed by atoms with E-state index in [2.05, 4.69) is 31.1 Å². The highest BCUT2D eigenvalue weighted by Crippen LogP contribution is 1.86. The molecule has 0 aromatic heterocycles. The second-order valence-corrected chi connectivity index (χ2v) is 2.39. The maximum Gasteiger partial charge on any atom is 0.156 e. The third kappa shape index (κ3) is 2.31. The molecule has 1 rings (SSSR count). The minimum Gasteiger partial charge on any atom is -1.00 e. The van der Waals surface area contributed by atoms with Crippen LogP contribution in [-0.4, -0.2) is 24.7 Å². The lowest BCUT2D eigenvalue weighted by Gasteiger charge is -2.12. The molecule has 1 aliphatic rings. The van der Waals surface area contributed by atoms with Gasteiger partial charge in [0.15, 0.2) is 6.67 Å². The maximum atomic E-state index is 2.32. The number of quaternary nitrogens is 1. The minimum atomic E-state index is 0. The second kappa shape index (κ2) is 4.74. The van der Waals surface area contributed by atoms with Gasteiger partial charge >= 0.3 is 0 Å². The normalized spacial score (nSPS) is 23.0. The van der Waals surface area contributed by atoms with Gasteiger partial charge in [-0.15, -0.1) is 0 Å². The van der Waals surface area contributed by atoms with Crippen molar-refractivity contribution in [3.05, 3.63) is 12.4 Å². The molecule has 0 amide bonds. The Bertz CT molecular complexity index is 102. The molecule has 1 heterocycles. The van der Waals surface area contributed by atoms with Crippen molar-refractivity contribution in [2.45, 2.75) is 13.8 Å². The smallest absolute Gasteiger partial charge is 0.156 e. The summed E-state index contributed by atoms with van der Waals surface area (Å²) < 4.78 is 0. The lowest BCUT2D eigenvalue weighted by Crippen LogP contribution is -3.06. The Labute approximate surface area is 73.3 Å². The van der Waals surface area contributed by atoms with Crippen LogP contribution >= 0.6 is 0 Å². The molecule has 2 nitrogen and oxygen atoms in total. The summed E-state index contributed by atoms with van der Waals surface area (Å²) in [6.07, 6.45) is 4.41. The molecule has 0 bridgehead atoms. The lowest BCUT2D eigenvalue weighted by molar-refractivity contribution is -0.846. The van der Waals surface area contributed by atoms with Crippen LogP contribution in [0.3, 0.4) is 0 Å². The third-order valence-corrected chi connectivity index (χ3v) is 1.79. The molecule has 1 atom stereocenters. The minimum absolute atomic E-state index is 0. The third-order valence-electron chi connectivity index (χ3n) is 1.79. The molecule has 0 spiro atoms. The van der Waals surface area contributed by atoms with E-state index in [9.17, 15) is 0 Å². The molecule has 0 fully saturated rings. The number of halogens is 1. The van der Waals surface area contributed by atoms with Crippen molar-refractivity contribution >= 4 is 0 Å². The summed E-state index contributed by atoms with van der Waals surface area (Å²) in [4.78, 5) is 3.87. The first-order valence-corrected chi connectivity index (χ1v) is 3.63. The fourth-order valence-electron chi connectivity index (χ4n) is 1.02. The first-order chi connectivity index (χ1) is 4.36. The first kappa shape index (κ1) is 9.98. The van der Waals surface area contributed by atoms with Gasteiger partial charge in [0, 0.05) is 6.54 Å². The van der Waals surface area contributed by atoms with E-state index in [1.165, 1.54) is 6.54 Å². The van der Waals surface area contributed by atoms with Crippen LogP contribution in [0.2, 0.25) is 0 Å². The van der Waals surface area contributed by atoms with Gasteiger partial charge in [0.05, 0.1) is 12.7 Å². The van der Waals surface area contributed by atoms with Crippen LogP contribution in [0, 0.1) is 0 Å². The number of nitrogens with zero attached hydrogens (tertiary/aromatic N) is 1. The zero-order valence-corrected chi connectivity index (χ0v) is 8.19. The molecule has 0 saturated carbocycles. The molecule has 0 aliphatic carbocycles. The Morgan fingerprint density at radius 1 is 1.50 bits per heavy atom. The molecule has 0 saturated heterocycles. The molecule has 3 heteroatoms. The van der Waals surface area contributed by atoms with Crippen molar-refractivity contribution in [2.24, 2.45) is 0 Å². The van der Waals surface area contributed by atoms with Gasteiger partial charge in [-0.1, -0.05) is 0 Å². The molecule has 0 aromatic carbocycles. The molecule has 60 valence electrons. The summed E-state index contributed by atoms with van der Waals surface area (Å²) in [6.45, 7) is 7.89. The van der Waals surface area contributed by atoms with Gasteiger partial charge in [0.2, 0.25) is 0 Å². The predicted octanol–water partition coefficient (Wildman–Crippen LogP) is -3.34. The molecule has 0 aromatic rings. The van der Waals surface area contributed by atoms with E-state index in [-0.39, 0.29) is 17.0 Å². The van der Waals surface area contributed by atoms with Gasteiger partial charge in [0.1, 0.15) is 6.20 Å².